The van der Waals surface area contributed by atoms with E-state index in [1.54, 1.807) is 18.2 Å². The third kappa shape index (κ3) is 5.46. The standard InChI is InChI=1S/C24H20BrN5O3S/c1-33-20-9-5-8-17(22(20)32)14-26-27-21(31)15-34-24-29-28-23(16-6-3-2-4-7-16)30(24)19-12-10-18(25)11-13-19/h2-14,32H,15H2,1H3,(H,27,31). The fraction of sp³-hybridized carbons (Fsp3) is 0.0833. The fourth-order valence-corrected chi connectivity index (χ4v) is 4.11. The van der Waals surface area contributed by atoms with Gasteiger partial charge in [-0.15, -0.1) is 10.2 Å². The van der Waals surface area contributed by atoms with E-state index >= 15 is 0 Å². The molecule has 0 aliphatic heterocycles. The lowest BCUT2D eigenvalue weighted by molar-refractivity contribution is -0.118. The van der Waals surface area contributed by atoms with Gasteiger partial charge < -0.3 is 9.84 Å². The van der Waals surface area contributed by atoms with Gasteiger partial charge in [-0.3, -0.25) is 9.36 Å². The van der Waals surface area contributed by atoms with E-state index in [1.807, 2.05) is 59.2 Å². The van der Waals surface area contributed by atoms with Crippen LogP contribution in [-0.4, -0.2) is 44.9 Å². The van der Waals surface area contributed by atoms with Crippen molar-refractivity contribution < 1.29 is 14.6 Å². The Balaban J connectivity index is 1.49. The molecule has 4 rings (SSSR count). The van der Waals surface area contributed by atoms with Crippen LogP contribution >= 0.6 is 27.7 Å². The molecule has 1 aromatic heterocycles. The number of benzene rings is 3. The molecule has 3 aromatic carbocycles. The summed E-state index contributed by atoms with van der Waals surface area (Å²) in [5.74, 6) is 0.707. The number of hydrogen-bond acceptors (Lipinski definition) is 7. The van der Waals surface area contributed by atoms with E-state index in [2.05, 4.69) is 36.7 Å². The molecule has 0 atom stereocenters. The average molecular weight is 538 g/mol. The maximum absolute atomic E-state index is 12.4. The molecule has 4 aromatic rings. The summed E-state index contributed by atoms with van der Waals surface area (Å²) in [4.78, 5) is 12.4. The molecular weight excluding hydrogens is 518 g/mol. The highest BCUT2D eigenvalue weighted by atomic mass is 79.9. The Kier molecular flexibility index (Phi) is 7.61. The molecule has 1 heterocycles. The number of carbonyl (C=O) groups excluding carboxylic acids is 1. The molecule has 0 saturated heterocycles. The SMILES string of the molecule is COc1cccc(C=NNC(=O)CSc2nnc(-c3ccccc3)n2-c2ccc(Br)cc2)c1O. The van der Waals surface area contributed by atoms with Crippen molar-refractivity contribution in [3.05, 3.63) is 82.8 Å². The van der Waals surface area contributed by atoms with Crippen LogP contribution in [0, 0.1) is 0 Å². The molecular formula is C24H20BrN5O3S. The number of para-hydroxylation sites is 1. The van der Waals surface area contributed by atoms with E-state index < -0.39 is 0 Å². The maximum Gasteiger partial charge on any atom is 0.250 e. The van der Waals surface area contributed by atoms with Crippen LogP contribution in [0.15, 0.2) is 87.5 Å². The van der Waals surface area contributed by atoms with E-state index in [0.29, 0.717) is 22.3 Å². The van der Waals surface area contributed by atoms with E-state index in [9.17, 15) is 9.90 Å². The molecule has 0 unspecified atom stereocenters. The summed E-state index contributed by atoms with van der Waals surface area (Å²) in [6.45, 7) is 0. The van der Waals surface area contributed by atoms with Crippen molar-refractivity contribution in [1.29, 1.82) is 0 Å². The Bertz CT molecular complexity index is 1310. The highest BCUT2D eigenvalue weighted by Gasteiger charge is 2.17. The summed E-state index contributed by atoms with van der Waals surface area (Å²) in [6, 6.07) is 22.5. The number of halogens is 1. The van der Waals surface area contributed by atoms with E-state index in [-0.39, 0.29) is 17.4 Å². The number of nitrogens with zero attached hydrogens (tertiary/aromatic N) is 4. The summed E-state index contributed by atoms with van der Waals surface area (Å²) in [5, 5.41) is 23.3. The lowest BCUT2D eigenvalue weighted by Crippen LogP contribution is -2.20. The molecule has 0 aliphatic rings. The molecule has 34 heavy (non-hydrogen) atoms. The van der Waals surface area contributed by atoms with E-state index in [0.717, 1.165) is 15.7 Å². The molecule has 0 spiro atoms. The first-order chi connectivity index (χ1) is 16.6. The Hall–Kier alpha value is -3.63. The maximum atomic E-state index is 12.4. The van der Waals surface area contributed by atoms with Crippen LogP contribution in [0.3, 0.4) is 0 Å². The van der Waals surface area contributed by atoms with Gasteiger partial charge in [-0.1, -0.05) is 64.1 Å². The Morgan fingerprint density at radius 2 is 1.88 bits per heavy atom. The number of carbonyl (C=O) groups is 1. The summed E-state index contributed by atoms with van der Waals surface area (Å²) in [5.41, 5.74) is 4.68. The molecule has 10 heteroatoms. The van der Waals surface area contributed by atoms with Gasteiger partial charge in [0.2, 0.25) is 0 Å². The lowest BCUT2D eigenvalue weighted by atomic mass is 10.2. The molecule has 0 radical (unpaired) electrons. The number of methoxy groups -OCH3 is 1. The number of phenolic OH excluding ortho intramolecular Hbond substituents is 1. The average Bonchev–Trinajstić information content (AvgIpc) is 3.29. The van der Waals surface area contributed by atoms with Crippen molar-refractivity contribution in [2.24, 2.45) is 5.10 Å². The van der Waals surface area contributed by atoms with E-state index in [1.165, 1.54) is 25.1 Å². The van der Waals surface area contributed by atoms with Crippen LogP contribution in [0.4, 0.5) is 0 Å². The van der Waals surface area contributed by atoms with Crippen LogP contribution in [0.1, 0.15) is 5.56 Å². The summed E-state index contributed by atoms with van der Waals surface area (Å²) >= 11 is 4.71. The van der Waals surface area contributed by atoms with Gasteiger partial charge in [0.15, 0.2) is 22.5 Å². The zero-order chi connectivity index (χ0) is 23.9. The second kappa shape index (κ2) is 11.0. The number of aromatic hydroxyl groups is 1. The van der Waals surface area contributed by atoms with Crippen molar-refractivity contribution in [2.75, 3.05) is 12.9 Å². The largest absolute Gasteiger partial charge is 0.504 e. The van der Waals surface area contributed by atoms with E-state index in [4.69, 9.17) is 4.74 Å². The Labute approximate surface area is 208 Å². The molecule has 8 nitrogen and oxygen atoms in total. The predicted octanol–water partition coefficient (Wildman–Crippen LogP) is 4.65. The van der Waals surface area contributed by atoms with Gasteiger partial charge in [-0.05, 0) is 36.4 Å². The van der Waals surface area contributed by atoms with Crippen molar-refractivity contribution in [2.45, 2.75) is 5.16 Å². The van der Waals surface area contributed by atoms with Crippen LogP contribution in [0.25, 0.3) is 17.1 Å². The number of phenols is 1. The number of thioether (sulfide) groups is 1. The first-order valence-electron chi connectivity index (χ1n) is 10.1. The normalized spacial score (nSPS) is 11.0. The number of amides is 1. The van der Waals surface area contributed by atoms with Gasteiger partial charge in [-0.2, -0.15) is 5.10 Å². The van der Waals surface area contributed by atoms with Gasteiger partial charge in [0.05, 0.1) is 19.1 Å². The minimum absolute atomic E-state index is 0.0478. The molecule has 0 bridgehead atoms. The first-order valence-corrected chi connectivity index (χ1v) is 11.9. The Morgan fingerprint density at radius 3 is 2.62 bits per heavy atom. The van der Waals surface area contributed by atoms with Crippen molar-refractivity contribution in [1.82, 2.24) is 20.2 Å². The highest BCUT2D eigenvalue weighted by molar-refractivity contribution is 9.10. The topological polar surface area (TPSA) is 102 Å². The first kappa shape index (κ1) is 23.5. The third-order valence-corrected chi connectivity index (χ3v) is 6.18. The monoisotopic (exact) mass is 537 g/mol. The molecule has 172 valence electrons. The van der Waals surface area contributed by atoms with Gasteiger partial charge in [0.1, 0.15) is 0 Å². The van der Waals surface area contributed by atoms with Gasteiger partial charge in [0.25, 0.3) is 5.91 Å². The molecule has 0 fully saturated rings. The van der Waals surface area contributed by atoms with Gasteiger partial charge >= 0.3 is 0 Å². The lowest BCUT2D eigenvalue weighted by Gasteiger charge is -2.10. The molecule has 1 amide bonds. The zero-order valence-electron chi connectivity index (χ0n) is 18.1. The molecule has 2 N–H and O–H groups in total. The Morgan fingerprint density at radius 1 is 1.12 bits per heavy atom. The van der Waals surface area contributed by atoms with Crippen LogP contribution in [0.5, 0.6) is 11.5 Å². The highest BCUT2D eigenvalue weighted by Crippen LogP contribution is 2.29. The van der Waals surface area contributed by atoms with Crippen LogP contribution in [-0.2, 0) is 4.79 Å². The second-order valence-corrected chi connectivity index (χ2v) is 8.82. The minimum Gasteiger partial charge on any atom is -0.504 e. The molecule has 0 saturated carbocycles. The predicted molar refractivity (Wildman–Crippen MR) is 136 cm³/mol. The number of nitrogens with one attached hydrogen (secondary N) is 1. The quantitative estimate of drug-likeness (QED) is 0.192. The number of hydrogen-bond donors (Lipinski definition) is 2. The summed E-state index contributed by atoms with van der Waals surface area (Å²) < 4.78 is 7.94. The summed E-state index contributed by atoms with van der Waals surface area (Å²) in [6.07, 6.45) is 1.36. The van der Waals surface area contributed by atoms with Crippen molar-refractivity contribution in [3.63, 3.8) is 0 Å². The number of ether oxygens (including phenoxy) is 1. The number of hydrazone groups is 1. The smallest absolute Gasteiger partial charge is 0.250 e. The van der Waals surface area contributed by atoms with Crippen LogP contribution < -0.4 is 10.2 Å². The van der Waals surface area contributed by atoms with Gasteiger partial charge in [-0.25, -0.2) is 5.43 Å². The summed E-state index contributed by atoms with van der Waals surface area (Å²) in [7, 11) is 1.46. The molecule has 0 aliphatic carbocycles. The zero-order valence-corrected chi connectivity index (χ0v) is 20.5. The van der Waals surface area contributed by atoms with Crippen molar-refractivity contribution >= 4 is 39.8 Å². The van der Waals surface area contributed by atoms with Gasteiger partial charge in [0, 0.05) is 21.3 Å². The minimum atomic E-state index is -0.324. The number of rotatable bonds is 8. The second-order valence-electron chi connectivity index (χ2n) is 6.96. The van der Waals surface area contributed by atoms with Crippen molar-refractivity contribution in [3.8, 4) is 28.6 Å². The number of aromatic nitrogens is 3. The fourth-order valence-electron chi connectivity index (χ4n) is 3.10. The van der Waals surface area contributed by atoms with Crippen LogP contribution in [0.2, 0.25) is 0 Å². The third-order valence-electron chi connectivity index (χ3n) is 4.73.